The summed E-state index contributed by atoms with van der Waals surface area (Å²) in [4.78, 5) is 0. The Morgan fingerprint density at radius 3 is 1.67 bits per heavy atom. The summed E-state index contributed by atoms with van der Waals surface area (Å²) in [5, 5.41) is 0. The Balaban J connectivity index is 0.000000253. The molecule has 0 nitrogen and oxygen atoms in total. The fraction of sp³-hybridized carbons (Fsp3) is 0.143. The van der Waals surface area contributed by atoms with Gasteiger partial charge in [-0.25, -0.2) is 0 Å². The number of hydrogen-bond donors (Lipinski definition) is 0. The zero-order valence-corrected chi connectivity index (χ0v) is 11.7. The van der Waals surface area contributed by atoms with Gasteiger partial charge in [0.1, 0.15) is 0 Å². The standard InChI is InChI=1S/C8H9.C6H5.W/c1-2-8-6-4-3-5-7-8;1-2-4-6-5-3-1;/h4-7H,2H2,1H3;1-5H;/q2*-1;+2. The Hall–Kier alpha value is -0.872. The SMILES string of the molecule is CCc1cc[c-]cc1.[W+2].[c-]1ccccc1. The van der Waals surface area contributed by atoms with Crippen molar-refractivity contribution in [3.8, 4) is 0 Å². The first kappa shape index (κ1) is 14.1. The van der Waals surface area contributed by atoms with Gasteiger partial charge in [0.25, 0.3) is 0 Å². The minimum Gasteiger partial charge on any atom is -0.184 e. The third-order valence-corrected chi connectivity index (χ3v) is 1.80. The Labute approximate surface area is 107 Å². The van der Waals surface area contributed by atoms with Crippen molar-refractivity contribution in [2.75, 3.05) is 0 Å². The second-order valence-corrected chi connectivity index (χ2v) is 2.84. The number of hydrogen-bond acceptors (Lipinski definition) is 0. The Kier molecular flexibility index (Phi) is 9.11. The van der Waals surface area contributed by atoms with E-state index in [0.29, 0.717) is 0 Å². The van der Waals surface area contributed by atoms with Crippen molar-refractivity contribution in [1.82, 2.24) is 0 Å². The first-order chi connectivity index (χ1) is 6.93. The first-order valence-electron chi connectivity index (χ1n) is 4.79. The molecule has 0 atom stereocenters. The van der Waals surface area contributed by atoms with Crippen molar-refractivity contribution in [3.63, 3.8) is 0 Å². The average Bonchev–Trinajstić information content (AvgIpc) is 2.33. The van der Waals surface area contributed by atoms with E-state index < -0.39 is 0 Å². The number of benzene rings is 2. The average molecular weight is 366 g/mol. The summed E-state index contributed by atoms with van der Waals surface area (Å²) in [7, 11) is 0. The molecule has 2 aromatic rings. The largest absolute Gasteiger partial charge is 2.00 e. The molecule has 0 saturated heterocycles. The van der Waals surface area contributed by atoms with Gasteiger partial charge in [-0.2, -0.15) is 72.3 Å². The third-order valence-electron chi connectivity index (χ3n) is 1.80. The van der Waals surface area contributed by atoms with E-state index in [1.54, 1.807) is 0 Å². The fourth-order valence-electron chi connectivity index (χ4n) is 0.999. The van der Waals surface area contributed by atoms with E-state index in [1.165, 1.54) is 5.56 Å². The van der Waals surface area contributed by atoms with Crippen LogP contribution in [0.1, 0.15) is 12.5 Å². The molecule has 0 spiro atoms. The molecule has 0 amide bonds. The monoisotopic (exact) mass is 366 g/mol. The van der Waals surface area contributed by atoms with Crippen molar-refractivity contribution in [1.29, 1.82) is 0 Å². The molecule has 0 bridgehead atoms. The number of aryl methyl sites for hydroxylation is 1. The van der Waals surface area contributed by atoms with Gasteiger partial charge >= 0.3 is 21.1 Å². The van der Waals surface area contributed by atoms with Crippen LogP contribution in [0.15, 0.2) is 54.6 Å². The van der Waals surface area contributed by atoms with Crippen LogP contribution in [0.2, 0.25) is 0 Å². The molecule has 0 aliphatic heterocycles. The summed E-state index contributed by atoms with van der Waals surface area (Å²) >= 11 is 0. The smallest absolute Gasteiger partial charge is 0.184 e. The molecule has 0 N–H and O–H groups in total. The molecule has 2 aromatic carbocycles. The van der Waals surface area contributed by atoms with Crippen LogP contribution in [-0.2, 0) is 27.5 Å². The van der Waals surface area contributed by atoms with Crippen molar-refractivity contribution in [2.45, 2.75) is 13.3 Å². The molecule has 0 fully saturated rings. The Bertz CT molecular complexity index is 289. The predicted molar refractivity (Wildman–Crippen MR) is 59.9 cm³/mol. The van der Waals surface area contributed by atoms with E-state index in [4.69, 9.17) is 0 Å². The van der Waals surface area contributed by atoms with Crippen LogP contribution in [0.5, 0.6) is 0 Å². The van der Waals surface area contributed by atoms with Crippen LogP contribution >= 0.6 is 0 Å². The molecule has 76 valence electrons. The van der Waals surface area contributed by atoms with E-state index in [2.05, 4.69) is 31.2 Å². The molecule has 0 saturated carbocycles. The summed E-state index contributed by atoms with van der Waals surface area (Å²) in [6.45, 7) is 2.15. The van der Waals surface area contributed by atoms with Gasteiger partial charge in [0.2, 0.25) is 0 Å². The van der Waals surface area contributed by atoms with Crippen LogP contribution in [0, 0.1) is 12.1 Å². The Morgan fingerprint density at radius 1 is 0.867 bits per heavy atom. The van der Waals surface area contributed by atoms with E-state index in [-0.39, 0.29) is 21.1 Å². The van der Waals surface area contributed by atoms with Crippen molar-refractivity contribution >= 4 is 0 Å². The maximum atomic E-state index is 2.97. The maximum absolute atomic E-state index is 2.97. The van der Waals surface area contributed by atoms with Crippen LogP contribution in [0.3, 0.4) is 0 Å². The van der Waals surface area contributed by atoms with E-state index in [0.717, 1.165) is 6.42 Å². The predicted octanol–water partition coefficient (Wildman–Crippen LogP) is 3.53. The van der Waals surface area contributed by atoms with Gasteiger partial charge in [-0.1, -0.05) is 13.3 Å². The minimum atomic E-state index is 0. The summed E-state index contributed by atoms with van der Waals surface area (Å²) in [6.07, 6.45) is 1.12. The van der Waals surface area contributed by atoms with Gasteiger partial charge in [0.05, 0.1) is 0 Å². The molecule has 2 rings (SSSR count). The molecular formula is C14H14W. The van der Waals surface area contributed by atoms with Crippen LogP contribution in [0.25, 0.3) is 0 Å². The maximum Gasteiger partial charge on any atom is 2.00 e. The summed E-state index contributed by atoms with van der Waals surface area (Å²) in [5.41, 5.74) is 1.38. The van der Waals surface area contributed by atoms with E-state index in [9.17, 15) is 0 Å². The minimum absolute atomic E-state index is 0. The molecule has 0 heterocycles. The molecule has 0 radical (unpaired) electrons. The van der Waals surface area contributed by atoms with E-state index >= 15 is 0 Å². The van der Waals surface area contributed by atoms with Crippen LogP contribution in [-0.4, -0.2) is 0 Å². The summed E-state index contributed by atoms with van der Waals surface area (Å²) in [6, 6.07) is 23.5. The van der Waals surface area contributed by atoms with Crippen molar-refractivity contribution < 1.29 is 21.1 Å². The van der Waals surface area contributed by atoms with Gasteiger partial charge in [0, 0.05) is 0 Å². The van der Waals surface area contributed by atoms with Gasteiger partial charge in [-0.05, 0) is 0 Å². The van der Waals surface area contributed by atoms with Crippen molar-refractivity contribution in [2.24, 2.45) is 0 Å². The fourth-order valence-corrected chi connectivity index (χ4v) is 0.999. The molecule has 0 aliphatic carbocycles. The zero-order valence-electron chi connectivity index (χ0n) is 8.81. The second-order valence-electron chi connectivity index (χ2n) is 2.84. The number of rotatable bonds is 1. The van der Waals surface area contributed by atoms with Gasteiger partial charge in [0.15, 0.2) is 0 Å². The zero-order chi connectivity index (χ0) is 10.1. The van der Waals surface area contributed by atoms with Gasteiger partial charge in [-0.15, -0.1) is 0 Å². The molecule has 15 heavy (non-hydrogen) atoms. The third kappa shape index (κ3) is 7.10. The van der Waals surface area contributed by atoms with E-state index in [1.807, 2.05) is 42.5 Å². The van der Waals surface area contributed by atoms with Gasteiger partial charge < -0.3 is 0 Å². The molecular weight excluding hydrogens is 352 g/mol. The second kappa shape index (κ2) is 9.67. The van der Waals surface area contributed by atoms with Crippen LogP contribution < -0.4 is 0 Å². The first-order valence-corrected chi connectivity index (χ1v) is 4.79. The Morgan fingerprint density at radius 2 is 1.40 bits per heavy atom. The normalized spacial score (nSPS) is 8.07. The molecule has 0 unspecified atom stereocenters. The quantitative estimate of drug-likeness (QED) is 0.678. The molecule has 0 aliphatic rings. The topological polar surface area (TPSA) is 0 Å². The molecule has 1 heteroatoms. The summed E-state index contributed by atoms with van der Waals surface area (Å²) in [5.74, 6) is 0. The summed E-state index contributed by atoms with van der Waals surface area (Å²) < 4.78 is 0. The molecule has 0 aromatic heterocycles. The van der Waals surface area contributed by atoms with Crippen LogP contribution in [0.4, 0.5) is 0 Å². The van der Waals surface area contributed by atoms with Crippen molar-refractivity contribution in [3.05, 3.63) is 72.3 Å². The van der Waals surface area contributed by atoms with Gasteiger partial charge in [-0.3, -0.25) is 0 Å².